The third-order valence-electron chi connectivity index (χ3n) is 3.75. The highest BCUT2D eigenvalue weighted by atomic mass is 32.2. The summed E-state index contributed by atoms with van der Waals surface area (Å²) in [5.41, 5.74) is 0.636. The van der Waals surface area contributed by atoms with Gasteiger partial charge in [-0.05, 0) is 25.2 Å². The highest BCUT2D eigenvalue weighted by molar-refractivity contribution is 7.91. The number of nitrogens with zero attached hydrogens (tertiary/aromatic N) is 2. The van der Waals surface area contributed by atoms with Gasteiger partial charge in [0.05, 0.1) is 17.3 Å². The van der Waals surface area contributed by atoms with Gasteiger partial charge in [0.25, 0.3) is 0 Å². The van der Waals surface area contributed by atoms with Gasteiger partial charge in [0, 0.05) is 19.5 Å². The molecule has 1 aliphatic carbocycles. The van der Waals surface area contributed by atoms with Gasteiger partial charge < -0.3 is 9.67 Å². The van der Waals surface area contributed by atoms with Crippen molar-refractivity contribution in [2.24, 2.45) is 13.0 Å². The Morgan fingerprint density at radius 3 is 2.78 bits per heavy atom. The van der Waals surface area contributed by atoms with Crippen molar-refractivity contribution in [2.75, 3.05) is 6.26 Å². The Kier molecular flexibility index (Phi) is 3.77. The summed E-state index contributed by atoms with van der Waals surface area (Å²) in [6.07, 6.45) is 7.03. The second-order valence-corrected chi connectivity index (χ2v) is 7.61. The number of hydrogen-bond acceptors (Lipinski definition) is 4. The van der Waals surface area contributed by atoms with Crippen molar-refractivity contribution in [3.8, 4) is 0 Å². The van der Waals surface area contributed by atoms with Crippen LogP contribution in [0, 0.1) is 5.92 Å². The van der Waals surface area contributed by atoms with Crippen molar-refractivity contribution < 1.29 is 13.5 Å². The molecule has 0 aromatic carbocycles. The molecule has 3 atom stereocenters. The number of hydrogen-bond donors (Lipinski definition) is 1. The smallest absolute Gasteiger partial charge is 0.150 e. The third kappa shape index (κ3) is 2.92. The van der Waals surface area contributed by atoms with Crippen molar-refractivity contribution >= 4 is 9.84 Å². The fourth-order valence-electron chi connectivity index (χ4n) is 2.68. The molecule has 1 aliphatic rings. The Balaban J connectivity index is 2.09. The van der Waals surface area contributed by atoms with E-state index in [2.05, 4.69) is 4.98 Å². The molecule has 6 heteroatoms. The maximum Gasteiger partial charge on any atom is 0.150 e. The quantitative estimate of drug-likeness (QED) is 0.893. The lowest BCUT2D eigenvalue weighted by Gasteiger charge is -2.30. The van der Waals surface area contributed by atoms with Gasteiger partial charge in [0.15, 0.2) is 0 Å². The van der Waals surface area contributed by atoms with Gasteiger partial charge in [0.1, 0.15) is 15.9 Å². The largest absolute Gasteiger partial charge is 0.386 e. The first-order chi connectivity index (χ1) is 8.38. The molecule has 0 amide bonds. The van der Waals surface area contributed by atoms with Gasteiger partial charge in [-0.1, -0.05) is 6.42 Å². The van der Waals surface area contributed by atoms with Gasteiger partial charge in [-0.3, -0.25) is 0 Å². The van der Waals surface area contributed by atoms with Gasteiger partial charge in [-0.25, -0.2) is 13.4 Å². The first-order valence-corrected chi connectivity index (χ1v) is 8.18. The molecule has 1 aromatic rings. The minimum atomic E-state index is -3.01. The van der Waals surface area contributed by atoms with E-state index in [1.54, 1.807) is 17.1 Å². The third-order valence-corrected chi connectivity index (χ3v) is 5.39. The van der Waals surface area contributed by atoms with E-state index in [9.17, 15) is 13.5 Å². The second-order valence-electron chi connectivity index (χ2n) is 5.29. The van der Waals surface area contributed by atoms with Crippen LogP contribution < -0.4 is 0 Å². The molecule has 18 heavy (non-hydrogen) atoms. The summed E-state index contributed by atoms with van der Waals surface area (Å²) in [6, 6.07) is 0. The number of rotatable bonds is 3. The average Bonchev–Trinajstić information content (AvgIpc) is 2.74. The highest BCUT2D eigenvalue weighted by Crippen LogP contribution is 2.36. The zero-order valence-corrected chi connectivity index (χ0v) is 11.6. The molecule has 0 radical (unpaired) electrons. The molecule has 1 N–H and O–H groups in total. The summed E-state index contributed by atoms with van der Waals surface area (Å²) in [7, 11) is -1.16. The first kappa shape index (κ1) is 13.5. The van der Waals surface area contributed by atoms with Crippen molar-refractivity contribution in [1.82, 2.24) is 9.55 Å². The Hall–Kier alpha value is -0.880. The van der Waals surface area contributed by atoms with Gasteiger partial charge >= 0.3 is 0 Å². The average molecular weight is 272 g/mol. The lowest BCUT2D eigenvalue weighted by Crippen LogP contribution is -2.30. The van der Waals surface area contributed by atoms with E-state index < -0.39 is 15.9 Å². The number of sulfone groups is 1. The molecule has 1 aromatic heterocycles. The normalized spacial score (nSPS) is 27.1. The van der Waals surface area contributed by atoms with Crippen molar-refractivity contribution in [3.63, 3.8) is 0 Å². The maximum atomic E-state index is 11.6. The summed E-state index contributed by atoms with van der Waals surface area (Å²) in [5.74, 6) is -0.00613. The number of aryl methyl sites for hydroxylation is 1. The van der Waals surface area contributed by atoms with E-state index in [0.29, 0.717) is 18.5 Å². The van der Waals surface area contributed by atoms with Crippen molar-refractivity contribution in [1.29, 1.82) is 0 Å². The number of aliphatic hydroxyl groups is 1. The van der Waals surface area contributed by atoms with E-state index in [0.717, 1.165) is 12.8 Å². The summed E-state index contributed by atoms with van der Waals surface area (Å²) < 4.78 is 25.0. The molecule has 1 saturated carbocycles. The zero-order chi connectivity index (χ0) is 13.3. The van der Waals surface area contributed by atoms with Gasteiger partial charge in [-0.15, -0.1) is 0 Å². The molecular weight excluding hydrogens is 252 g/mol. The second kappa shape index (κ2) is 5.01. The van der Waals surface area contributed by atoms with E-state index in [-0.39, 0.29) is 11.2 Å². The summed E-state index contributed by atoms with van der Waals surface area (Å²) in [5, 5.41) is 9.96. The van der Waals surface area contributed by atoms with E-state index in [1.165, 1.54) is 6.26 Å². The molecule has 102 valence electrons. The van der Waals surface area contributed by atoms with Crippen LogP contribution in [0.3, 0.4) is 0 Å². The molecular formula is C12H20N2O3S. The van der Waals surface area contributed by atoms with E-state index >= 15 is 0 Å². The minimum absolute atomic E-state index is 0.00613. The van der Waals surface area contributed by atoms with Crippen LogP contribution in [0.5, 0.6) is 0 Å². The summed E-state index contributed by atoms with van der Waals surface area (Å²) in [6.45, 7) is 0. The predicted molar refractivity (Wildman–Crippen MR) is 68.8 cm³/mol. The number of imidazole rings is 1. The van der Waals surface area contributed by atoms with Crippen LogP contribution in [0.15, 0.2) is 12.5 Å². The molecule has 0 spiro atoms. The number of aliphatic hydroxyl groups excluding tert-OH is 1. The van der Waals surface area contributed by atoms with Crippen LogP contribution in [-0.2, 0) is 16.9 Å². The lowest BCUT2D eigenvalue weighted by atomic mass is 9.84. The molecule has 2 rings (SSSR count). The van der Waals surface area contributed by atoms with Gasteiger partial charge in [-0.2, -0.15) is 0 Å². The van der Waals surface area contributed by atoms with Crippen LogP contribution in [0.4, 0.5) is 0 Å². The van der Waals surface area contributed by atoms with Gasteiger partial charge in [0.2, 0.25) is 0 Å². The number of aromatic nitrogens is 2. The predicted octanol–water partition coefficient (Wildman–Crippen LogP) is 1.06. The molecule has 0 bridgehead atoms. The lowest BCUT2D eigenvalue weighted by molar-refractivity contribution is 0.0823. The van der Waals surface area contributed by atoms with E-state index in [1.807, 2.05) is 7.05 Å². The molecule has 0 aliphatic heterocycles. The van der Waals surface area contributed by atoms with Crippen LogP contribution >= 0.6 is 0 Å². The topological polar surface area (TPSA) is 72.2 Å². The Bertz CT molecular complexity index is 509. The summed E-state index contributed by atoms with van der Waals surface area (Å²) in [4.78, 5) is 4.14. The van der Waals surface area contributed by atoms with Crippen molar-refractivity contribution in [3.05, 3.63) is 18.2 Å². The van der Waals surface area contributed by atoms with Crippen molar-refractivity contribution in [2.45, 2.75) is 37.0 Å². The van der Waals surface area contributed by atoms with Crippen LogP contribution in [-0.4, -0.2) is 34.6 Å². The molecule has 1 heterocycles. The van der Waals surface area contributed by atoms with Crippen LogP contribution in [0.2, 0.25) is 0 Å². The highest BCUT2D eigenvalue weighted by Gasteiger charge is 2.33. The van der Waals surface area contributed by atoms with Crippen LogP contribution in [0.25, 0.3) is 0 Å². The Morgan fingerprint density at radius 2 is 2.22 bits per heavy atom. The SMILES string of the molecule is Cn1cnc(C(O)C2CCCC(S(C)(=O)=O)C2)c1. The first-order valence-electron chi connectivity index (χ1n) is 6.22. The fraction of sp³-hybridized carbons (Fsp3) is 0.750. The molecule has 3 unspecified atom stereocenters. The van der Waals surface area contributed by atoms with E-state index in [4.69, 9.17) is 0 Å². The fourth-order valence-corrected chi connectivity index (χ4v) is 3.88. The standard InChI is InChI=1S/C12H20N2O3S/c1-14-7-11(13-8-14)12(15)9-4-3-5-10(6-9)18(2,16)17/h7-10,12,15H,3-6H2,1-2H3. The Labute approximate surface area is 108 Å². The molecule has 0 saturated heterocycles. The van der Waals surface area contributed by atoms with Crippen LogP contribution in [0.1, 0.15) is 37.5 Å². The zero-order valence-electron chi connectivity index (χ0n) is 10.8. The monoisotopic (exact) mass is 272 g/mol. The molecule has 1 fully saturated rings. The maximum absolute atomic E-state index is 11.6. The minimum Gasteiger partial charge on any atom is -0.386 e. The summed E-state index contributed by atoms with van der Waals surface area (Å²) >= 11 is 0. The molecule has 5 nitrogen and oxygen atoms in total. The Morgan fingerprint density at radius 1 is 1.50 bits per heavy atom.